The van der Waals surface area contributed by atoms with E-state index in [1.54, 1.807) is 0 Å². The van der Waals surface area contributed by atoms with Gasteiger partial charge in [-0.3, -0.25) is 4.90 Å². The fourth-order valence-electron chi connectivity index (χ4n) is 2.66. The normalized spacial score (nSPS) is 41.2. The van der Waals surface area contributed by atoms with E-state index in [2.05, 4.69) is 11.0 Å². The van der Waals surface area contributed by atoms with E-state index >= 15 is 0 Å². The van der Waals surface area contributed by atoms with Crippen molar-refractivity contribution in [3.8, 4) is 6.07 Å². The van der Waals surface area contributed by atoms with Gasteiger partial charge in [0.05, 0.1) is 12.6 Å². The summed E-state index contributed by atoms with van der Waals surface area (Å²) < 4.78 is 0. The van der Waals surface area contributed by atoms with Crippen LogP contribution in [0.1, 0.15) is 25.7 Å². The van der Waals surface area contributed by atoms with Crippen LogP contribution in [-0.4, -0.2) is 29.6 Å². The highest BCUT2D eigenvalue weighted by Gasteiger charge is 2.38. The third-order valence-corrected chi connectivity index (χ3v) is 3.17. The molecule has 0 amide bonds. The first kappa shape index (κ1) is 8.03. The fourth-order valence-corrected chi connectivity index (χ4v) is 2.66. The molecule has 2 unspecified atom stereocenters. The van der Waals surface area contributed by atoms with Crippen molar-refractivity contribution in [3.05, 3.63) is 0 Å². The highest BCUT2D eigenvalue weighted by molar-refractivity contribution is 4.99. The Morgan fingerprint density at radius 3 is 2.42 bits per heavy atom. The molecule has 2 saturated heterocycles. The van der Waals surface area contributed by atoms with Gasteiger partial charge >= 0.3 is 0 Å². The standard InChI is InChI=1S/C9H15N3/c10-3-4-12-8-1-2-9(12)6-7(11)5-8/h7-9H,1-2,4-6,11H2. The number of hydrogen-bond acceptors (Lipinski definition) is 3. The lowest BCUT2D eigenvalue weighted by Crippen LogP contribution is -2.47. The molecule has 0 aromatic rings. The van der Waals surface area contributed by atoms with Crippen molar-refractivity contribution < 1.29 is 0 Å². The van der Waals surface area contributed by atoms with Gasteiger partial charge in [0.2, 0.25) is 0 Å². The Balaban J connectivity index is 2.05. The van der Waals surface area contributed by atoms with E-state index in [-0.39, 0.29) is 0 Å². The zero-order chi connectivity index (χ0) is 8.55. The van der Waals surface area contributed by atoms with Crippen molar-refractivity contribution in [2.45, 2.75) is 43.8 Å². The first-order valence-corrected chi connectivity index (χ1v) is 4.69. The van der Waals surface area contributed by atoms with Crippen LogP contribution in [0.15, 0.2) is 0 Å². The SMILES string of the molecule is N#CCN1C2CCC1CC(N)C2. The van der Waals surface area contributed by atoms with Crippen LogP contribution in [0.3, 0.4) is 0 Å². The van der Waals surface area contributed by atoms with Crippen LogP contribution in [0.25, 0.3) is 0 Å². The van der Waals surface area contributed by atoms with E-state index in [0.717, 1.165) is 12.8 Å². The Morgan fingerprint density at radius 2 is 1.92 bits per heavy atom. The number of nitriles is 1. The number of nitrogens with zero attached hydrogens (tertiary/aromatic N) is 2. The van der Waals surface area contributed by atoms with Crippen LogP contribution in [0.2, 0.25) is 0 Å². The second-order valence-corrected chi connectivity index (χ2v) is 3.95. The van der Waals surface area contributed by atoms with E-state index in [1.807, 2.05) is 0 Å². The predicted octanol–water partition coefficient (Wildman–Crippen LogP) is 0.464. The molecule has 12 heavy (non-hydrogen) atoms. The van der Waals surface area contributed by atoms with Crippen LogP contribution in [-0.2, 0) is 0 Å². The topological polar surface area (TPSA) is 53.0 Å². The minimum absolute atomic E-state index is 0.387. The van der Waals surface area contributed by atoms with Gasteiger partial charge in [0.25, 0.3) is 0 Å². The molecule has 3 nitrogen and oxygen atoms in total. The molecular weight excluding hydrogens is 150 g/mol. The van der Waals surface area contributed by atoms with Gasteiger partial charge in [-0.05, 0) is 25.7 Å². The van der Waals surface area contributed by atoms with Gasteiger partial charge in [-0.2, -0.15) is 5.26 Å². The lowest BCUT2D eigenvalue weighted by atomic mass is 9.98. The second kappa shape index (κ2) is 3.04. The van der Waals surface area contributed by atoms with E-state index in [1.165, 1.54) is 12.8 Å². The van der Waals surface area contributed by atoms with Crippen molar-refractivity contribution in [2.75, 3.05) is 6.54 Å². The molecule has 66 valence electrons. The Labute approximate surface area is 73.1 Å². The fraction of sp³-hybridized carbons (Fsp3) is 0.889. The number of nitrogens with two attached hydrogens (primary N) is 1. The largest absolute Gasteiger partial charge is 0.328 e. The maximum absolute atomic E-state index is 8.62. The number of piperidine rings is 1. The van der Waals surface area contributed by atoms with Crippen LogP contribution in [0, 0.1) is 11.3 Å². The number of hydrogen-bond donors (Lipinski definition) is 1. The lowest BCUT2D eigenvalue weighted by Gasteiger charge is -2.35. The summed E-state index contributed by atoms with van der Waals surface area (Å²) in [6, 6.07) is 3.84. The molecule has 0 aliphatic carbocycles. The quantitative estimate of drug-likeness (QED) is 0.574. The summed E-state index contributed by atoms with van der Waals surface area (Å²) >= 11 is 0. The Morgan fingerprint density at radius 1 is 1.33 bits per heavy atom. The average molecular weight is 165 g/mol. The maximum Gasteiger partial charge on any atom is 0.0870 e. The lowest BCUT2D eigenvalue weighted by molar-refractivity contribution is 0.146. The Hall–Kier alpha value is -0.590. The second-order valence-electron chi connectivity index (χ2n) is 3.95. The zero-order valence-electron chi connectivity index (χ0n) is 7.24. The van der Waals surface area contributed by atoms with Crippen LogP contribution in [0.5, 0.6) is 0 Å². The van der Waals surface area contributed by atoms with Crippen molar-refractivity contribution in [1.82, 2.24) is 4.90 Å². The smallest absolute Gasteiger partial charge is 0.0870 e. The van der Waals surface area contributed by atoms with Crippen molar-refractivity contribution in [3.63, 3.8) is 0 Å². The average Bonchev–Trinajstić information content (AvgIpc) is 2.32. The third-order valence-electron chi connectivity index (χ3n) is 3.17. The molecule has 2 aliphatic heterocycles. The minimum Gasteiger partial charge on any atom is -0.328 e. The summed E-state index contributed by atoms with van der Waals surface area (Å²) in [5.74, 6) is 0. The molecule has 2 atom stereocenters. The van der Waals surface area contributed by atoms with E-state index in [0.29, 0.717) is 24.7 Å². The predicted molar refractivity (Wildman–Crippen MR) is 46.3 cm³/mol. The molecule has 2 fully saturated rings. The van der Waals surface area contributed by atoms with E-state index in [9.17, 15) is 0 Å². The molecule has 2 N–H and O–H groups in total. The Kier molecular flexibility index (Phi) is 2.03. The zero-order valence-corrected chi connectivity index (χ0v) is 7.24. The highest BCUT2D eigenvalue weighted by atomic mass is 15.2. The molecule has 0 aromatic heterocycles. The molecule has 0 aromatic carbocycles. The van der Waals surface area contributed by atoms with Gasteiger partial charge in [0.15, 0.2) is 0 Å². The molecule has 2 rings (SSSR count). The molecule has 2 heterocycles. The van der Waals surface area contributed by atoms with Gasteiger partial charge in [-0.15, -0.1) is 0 Å². The summed E-state index contributed by atoms with van der Waals surface area (Å²) in [7, 11) is 0. The van der Waals surface area contributed by atoms with E-state index < -0.39 is 0 Å². The molecule has 0 saturated carbocycles. The molecule has 3 heteroatoms. The van der Waals surface area contributed by atoms with Crippen molar-refractivity contribution >= 4 is 0 Å². The van der Waals surface area contributed by atoms with Crippen LogP contribution < -0.4 is 5.73 Å². The first-order chi connectivity index (χ1) is 5.81. The minimum atomic E-state index is 0.387. The molecule has 0 radical (unpaired) electrons. The third kappa shape index (κ3) is 1.21. The Bertz CT molecular complexity index is 194. The summed E-state index contributed by atoms with van der Waals surface area (Å²) in [5, 5.41) is 8.62. The van der Waals surface area contributed by atoms with Gasteiger partial charge in [-0.25, -0.2) is 0 Å². The van der Waals surface area contributed by atoms with Crippen molar-refractivity contribution in [2.24, 2.45) is 5.73 Å². The monoisotopic (exact) mass is 165 g/mol. The van der Waals surface area contributed by atoms with Crippen molar-refractivity contribution in [1.29, 1.82) is 5.26 Å². The van der Waals surface area contributed by atoms with Gasteiger partial charge in [0.1, 0.15) is 0 Å². The summed E-state index contributed by atoms with van der Waals surface area (Å²) in [6.07, 6.45) is 4.69. The first-order valence-electron chi connectivity index (χ1n) is 4.69. The summed E-state index contributed by atoms with van der Waals surface area (Å²) in [4.78, 5) is 2.34. The van der Waals surface area contributed by atoms with Gasteiger partial charge in [0, 0.05) is 18.1 Å². The number of fused-ring (bicyclic) bond motifs is 2. The van der Waals surface area contributed by atoms with Crippen LogP contribution >= 0.6 is 0 Å². The van der Waals surface area contributed by atoms with Gasteiger partial charge in [-0.1, -0.05) is 0 Å². The maximum atomic E-state index is 8.62. The highest BCUT2D eigenvalue weighted by Crippen LogP contribution is 2.34. The van der Waals surface area contributed by atoms with Gasteiger partial charge < -0.3 is 5.73 Å². The summed E-state index contributed by atoms with van der Waals surface area (Å²) in [6.45, 7) is 0.599. The number of rotatable bonds is 1. The molecular formula is C9H15N3. The molecule has 2 bridgehead atoms. The molecule has 2 aliphatic rings. The summed E-state index contributed by atoms with van der Waals surface area (Å²) in [5.41, 5.74) is 5.90. The van der Waals surface area contributed by atoms with E-state index in [4.69, 9.17) is 11.0 Å². The molecule has 0 spiro atoms. The van der Waals surface area contributed by atoms with Crippen LogP contribution in [0.4, 0.5) is 0 Å².